The van der Waals surface area contributed by atoms with E-state index >= 15 is 0 Å². The van der Waals surface area contributed by atoms with E-state index < -0.39 is 0 Å². The Labute approximate surface area is 265 Å². The Bertz CT molecular complexity index is 1770. The number of ether oxygens (including phenoxy) is 3. The van der Waals surface area contributed by atoms with Gasteiger partial charge < -0.3 is 14.2 Å². The highest BCUT2D eigenvalue weighted by molar-refractivity contribution is 5.52. The quantitative estimate of drug-likeness (QED) is 0.189. The van der Waals surface area contributed by atoms with Crippen molar-refractivity contribution >= 4 is 0 Å². The number of rotatable bonds is 1. The second-order valence-corrected chi connectivity index (χ2v) is 10.9. The number of nitrogens with zero attached hydrogens (tertiary/aromatic N) is 3. The number of aromatic nitrogens is 3. The van der Waals surface area contributed by atoms with E-state index in [0.717, 1.165) is 28.7 Å². The minimum Gasteiger partial charge on any atom is -0.457 e. The SMILES string of the molecule is CC1c2ccccc2Oc2ccccc21.Cc1ccc2c(c1)OCO2.Cc1cccnc1.Cc1cnn(-c2ccccc2)c1C. The second kappa shape index (κ2) is 14.9. The Morgan fingerprint density at radius 3 is 1.84 bits per heavy atom. The van der Waals surface area contributed by atoms with Gasteiger partial charge >= 0.3 is 0 Å². The van der Waals surface area contributed by atoms with E-state index in [1.54, 1.807) is 6.20 Å². The van der Waals surface area contributed by atoms with Crippen LogP contribution in [0.3, 0.4) is 0 Å². The smallest absolute Gasteiger partial charge is 0.231 e. The van der Waals surface area contributed by atoms with Crippen molar-refractivity contribution in [1.29, 1.82) is 0 Å². The van der Waals surface area contributed by atoms with Gasteiger partial charge in [0.15, 0.2) is 11.5 Å². The van der Waals surface area contributed by atoms with Crippen molar-refractivity contribution in [3.8, 4) is 28.7 Å². The lowest BCUT2D eigenvalue weighted by Gasteiger charge is -2.25. The first-order valence-corrected chi connectivity index (χ1v) is 15.1. The van der Waals surface area contributed by atoms with Crippen molar-refractivity contribution < 1.29 is 14.2 Å². The fraction of sp³-hybridized carbons (Fsp3) is 0.179. The molecule has 45 heavy (non-hydrogen) atoms. The molecule has 0 unspecified atom stereocenters. The summed E-state index contributed by atoms with van der Waals surface area (Å²) in [5.74, 6) is 4.11. The summed E-state index contributed by atoms with van der Waals surface area (Å²) in [6.07, 6.45) is 5.50. The maximum absolute atomic E-state index is 5.85. The van der Waals surface area contributed by atoms with Crippen molar-refractivity contribution in [3.05, 3.63) is 161 Å². The lowest BCUT2D eigenvalue weighted by atomic mass is 9.90. The highest BCUT2D eigenvalue weighted by atomic mass is 16.7. The van der Waals surface area contributed by atoms with Crippen LogP contribution in [-0.4, -0.2) is 21.6 Å². The monoisotopic (exact) mass is 597 g/mol. The molecule has 0 saturated carbocycles. The zero-order valence-electron chi connectivity index (χ0n) is 26.5. The number of aryl methyl sites for hydroxylation is 3. The first kappa shape index (κ1) is 31.1. The highest BCUT2D eigenvalue weighted by Crippen LogP contribution is 2.43. The van der Waals surface area contributed by atoms with Crippen molar-refractivity contribution in [3.63, 3.8) is 0 Å². The van der Waals surface area contributed by atoms with Crippen LogP contribution in [0.15, 0.2) is 128 Å². The normalized spacial score (nSPS) is 12.0. The molecule has 0 saturated heterocycles. The fourth-order valence-electron chi connectivity index (χ4n) is 4.92. The Balaban J connectivity index is 0.000000123. The van der Waals surface area contributed by atoms with Gasteiger partial charge in [-0.15, -0.1) is 0 Å². The van der Waals surface area contributed by atoms with Crippen molar-refractivity contribution in [2.75, 3.05) is 6.79 Å². The van der Waals surface area contributed by atoms with Crippen LogP contribution in [0.25, 0.3) is 5.69 Å². The second-order valence-electron chi connectivity index (χ2n) is 10.9. The molecule has 4 aromatic carbocycles. The highest BCUT2D eigenvalue weighted by Gasteiger charge is 2.22. The third kappa shape index (κ3) is 7.98. The molecule has 0 bridgehead atoms. The Morgan fingerprint density at radius 2 is 1.27 bits per heavy atom. The molecule has 0 spiro atoms. The van der Waals surface area contributed by atoms with Crippen LogP contribution in [0.5, 0.6) is 23.0 Å². The van der Waals surface area contributed by atoms with E-state index in [1.165, 1.54) is 33.5 Å². The summed E-state index contributed by atoms with van der Waals surface area (Å²) in [6, 6.07) is 36.5. The number of para-hydroxylation sites is 3. The number of fused-ring (bicyclic) bond motifs is 3. The van der Waals surface area contributed by atoms with Gasteiger partial charge in [0, 0.05) is 35.1 Å². The molecule has 0 amide bonds. The maximum atomic E-state index is 5.85. The molecule has 6 heteroatoms. The third-order valence-electron chi connectivity index (χ3n) is 7.58. The minimum absolute atomic E-state index is 0.360. The van der Waals surface area contributed by atoms with E-state index in [9.17, 15) is 0 Å². The minimum atomic E-state index is 0.360. The van der Waals surface area contributed by atoms with Gasteiger partial charge in [-0.3, -0.25) is 4.98 Å². The molecule has 0 atom stereocenters. The first-order chi connectivity index (χ1) is 21.9. The predicted octanol–water partition coefficient (Wildman–Crippen LogP) is 9.55. The summed E-state index contributed by atoms with van der Waals surface area (Å²) < 4.78 is 18.1. The van der Waals surface area contributed by atoms with E-state index in [2.05, 4.69) is 67.3 Å². The maximum Gasteiger partial charge on any atom is 0.231 e. The summed E-state index contributed by atoms with van der Waals surface area (Å²) in [5.41, 5.74) is 8.50. The average Bonchev–Trinajstić information content (AvgIpc) is 3.68. The van der Waals surface area contributed by atoms with Gasteiger partial charge in [-0.2, -0.15) is 5.10 Å². The molecule has 0 N–H and O–H groups in total. The first-order valence-electron chi connectivity index (χ1n) is 15.1. The topological polar surface area (TPSA) is 58.4 Å². The van der Waals surface area contributed by atoms with Crippen LogP contribution in [0, 0.1) is 27.7 Å². The van der Waals surface area contributed by atoms with Gasteiger partial charge in [0.25, 0.3) is 0 Å². The number of hydrogen-bond donors (Lipinski definition) is 0. The average molecular weight is 598 g/mol. The summed E-state index contributed by atoms with van der Waals surface area (Å²) >= 11 is 0. The molecule has 0 aliphatic carbocycles. The van der Waals surface area contributed by atoms with E-state index in [1.807, 2.05) is 104 Å². The van der Waals surface area contributed by atoms with Gasteiger partial charge in [0.05, 0.1) is 11.9 Å². The molecule has 0 radical (unpaired) electrons. The van der Waals surface area contributed by atoms with Crippen LogP contribution in [0.1, 0.15) is 46.4 Å². The molecule has 8 rings (SSSR count). The Morgan fingerprint density at radius 1 is 0.622 bits per heavy atom. The van der Waals surface area contributed by atoms with Crippen LogP contribution >= 0.6 is 0 Å². The Kier molecular flexibility index (Phi) is 10.3. The molecule has 228 valence electrons. The largest absolute Gasteiger partial charge is 0.457 e. The van der Waals surface area contributed by atoms with Gasteiger partial charge in [0.2, 0.25) is 6.79 Å². The van der Waals surface area contributed by atoms with Gasteiger partial charge in [-0.05, 0) is 86.8 Å². The standard InChI is InChI=1S/C14H12O.C11H12N2.C8H8O2.C6H7N/c1-10-11-6-2-4-8-13(11)15-14-9-5-3-7-12(10)14;1-9-8-12-13(10(9)2)11-6-4-3-5-7-11;1-6-2-3-7-8(4-6)10-5-9-7;1-6-3-2-4-7-5-6/h2-10H,1H3;3-8H,1-2H3;2-4H,5H2,1H3;2-5H,1H3. The summed E-state index contributed by atoms with van der Waals surface area (Å²) in [7, 11) is 0. The molecule has 4 heterocycles. The molecular formula is C39H39N3O3. The van der Waals surface area contributed by atoms with Gasteiger partial charge in [-0.1, -0.05) is 73.7 Å². The Hall–Kier alpha value is -5.36. The van der Waals surface area contributed by atoms with Crippen LogP contribution < -0.4 is 14.2 Å². The van der Waals surface area contributed by atoms with E-state index in [4.69, 9.17) is 14.2 Å². The van der Waals surface area contributed by atoms with Crippen LogP contribution in [0.4, 0.5) is 0 Å². The number of benzene rings is 4. The molecule has 6 aromatic rings. The van der Waals surface area contributed by atoms with Crippen LogP contribution in [0.2, 0.25) is 0 Å². The molecule has 0 fully saturated rings. The molecular weight excluding hydrogens is 558 g/mol. The number of hydrogen-bond acceptors (Lipinski definition) is 5. The third-order valence-corrected chi connectivity index (χ3v) is 7.58. The van der Waals surface area contributed by atoms with E-state index in [-0.39, 0.29) is 0 Å². The van der Waals surface area contributed by atoms with E-state index in [0.29, 0.717) is 12.7 Å². The molecule has 2 aromatic heterocycles. The molecule has 6 nitrogen and oxygen atoms in total. The molecule has 2 aliphatic heterocycles. The lowest BCUT2D eigenvalue weighted by molar-refractivity contribution is 0.174. The fourth-order valence-corrected chi connectivity index (χ4v) is 4.92. The lowest BCUT2D eigenvalue weighted by Crippen LogP contribution is -2.06. The van der Waals surface area contributed by atoms with Crippen molar-refractivity contribution in [2.45, 2.75) is 40.5 Å². The van der Waals surface area contributed by atoms with Gasteiger partial charge in [-0.25, -0.2) is 4.68 Å². The molecule has 2 aliphatic rings. The summed E-state index contributed by atoms with van der Waals surface area (Å²) in [4.78, 5) is 3.88. The number of pyridine rings is 1. The van der Waals surface area contributed by atoms with Gasteiger partial charge in [0.1, 0.15) is 11.5 Å². The van der Waals surface area contributed by atoms with Crippen molar-refractivity contribution in [2.24, 2.45) is 0 Å². The zero-order valence-corrected chi connectivity index (χ0v) is 26.5. The summed E-state index contributed by atoms with van der Waals surface area (Å²) in [6.45, 7) is 10.8. The van der Waals surface area contributed by atoms with Crippen LogP contribution in [-0.2, 0) is 0 Å². The summed E-state index contributed by atoms with van der Waals surface area (Å²) in [5, 5.41) is 4.30. The predicted molar refractivity (Wildman–Crippen MR) is 180 cm³/mol. The van der Waals surface area contributed by atoms with Crippen molar-refractivity contribution in [1.82, 2.24) is 14.8 Å². The zero-order chi connectivity index (χ0) is 31.6.